The number of carbonyl (C=O) groups excluding carboxylic acids is 1. The first-order valence-electron chi connectivity index (χ1n) is 12.5. The summed E-state index contributed by atoms with van der Waals surface area (Å²) in [6, 6.07) is 11.5. The van der Waals surface area contributed by atoms with E-state index in [2.05, 4.69) is 46.6 Å². The van der Waals surface area contributed by atoms with Crippen LogP contribution in [0.3, 0.4) is 0 Å². The van der Waals surface area contributed by atoms with E-state index in [1.165, 1.54) is 0 Å². The third-order valence-corrected chi connectivity index (χ3v) is 6.90. The number of H-pyrrole nitrogens is 1. The first-order chi connectivity index (χ1) is 16.5. The van der Waals surface area contributed by atoms with Crippen LogP contribution in [0.2, 0.25) is 0 Å². The number of likely N-dealkylation sites (N-methyl/N-ethyl adjacent to an activating group) is 1. The maximum atomic E-state index is 12.7. The largest absolute Gasteiger partial charge is 0.508 e. The minimum absolute atomic E-state index is 0.193. The van der Waals surface area contributed by atoms with Crippen LogP contribution in [-0.4, -0.2) is 67.3 Å². The molecular formula is C27H38N5O2+. The summed E-state index contributed by atoms with van der Waals surface area (Å²) >= 11 is 0. The van der Waals surface area contributed by atoms with Crippen molar-refractivity contribution in [3.63, 3.8) is 0 Å². The van der Waals surface area contributed by atoms with Gasteiger partial charge in [0, 0.05) is 61.0 Å². The number of aromatic hydroxyl groups is 1. The number of phenols is 1. The molecule has 1 aliphatic rings. The fraction of sp³-hybridized carbons (Fsp3) is 0.444. The quantitative estimate of drug-likeness (QED) is 0.316. The zero-order valence-electron chi connectivity index (χ0n) is 20.4. The van der Waals surface area contributed by atoms with Crippen LogP contribution in [0.4, 0.5) is 10.5 Å². The van der Waals surface area contributed by atoms with E-state index in [0.717, 1.165) is 85.3 Å². The lowest BCUT2D eigenvalue weighted by molar-refractivity contribution is -0.884. The molecule has 3 aromatic rings. The Bertz CT molecular complexity index is 1100. The fourth-order valence-electron chi connectivity index (χ4n) is 4.75. The number of fused-ring (bicyclic) bond motifs is 1. The summed E-state index contributed by atoms with van der Waals surface area (Å²) in [5.41, 5.74) is 4.91. The van der Waals surface area contributed by atoms with Gasteiger partial charge in [0.2, 0.25) is 0 Å². The number of hydrogen-bond donors (Lipinski definition) is 5. The zero-order chi connectivity index (χ0) is 23.9. The number of urea groups is 1. The maximum absolute atomic E-state index is 12.7. The molecule has 2 heterocycles. The molecule has 7 nitrogen and oxygen atoms in total. The summed E-state index contributed by atoms with van der Waals surface area (Å²) in [5.74, 6) is 0.277. The van der Waals surface area contributed by atoms with Crippen molar-refractivity contribution in [2.24, 2.45) is 0 Å². The van der Waals surface area contributed by atoms with Crippen LogP contribution in [0, 0.1) is 0 Å². The highest BCUT2D eigenvalue weighted by Gasteiger charge is 2.18. The second-order valence-corrected chi connectivity index (χ2v) is 9.41. The smallest absolute Gasteiger partial charge is 0.319 e. The third-order valence-electron chi connectivity index (χ3n) is 6.90. The van der Waals surface area contributed by atoms with E-state index in [4.69, 9.17) is 0 Å². The van der Waals surface area contributed by atoms with Crippen LogP contribution in [0.5, 0.6) is 5.75 Å². The number of rotatable bonds is 9. The highest BCUT2D eigenvalue weighted by atomic mass is 16.3. The van der Waals surface area contributed by atoms with Crippen molar-refractivity contribution in [1.29, 1.82) is 0 Å². The number of quaternary nitrogens is 1. The number of hydrogen-bond acceptors (Lipinski definition) is 3. The second-order valence-electron chi connectivity index (χ2n) is 9.41. The molecule has 7 heteroatoms. The van der Waals surface area contributed by atoms with Gasteiger partial charge in [0.15, 0.2) is 0 Å². The van der Waals surface area contributed by atoms with Crippen molar-refractivity contribution in [3.05, 3.63) is 59.3 Å². The molecule has 0 saturated carbocycles. The van der Waals surface area contributed by atoms with Crippen LogP contribution >= 0.6 is 0 Å². The Morgan fingerprint density at radius 3 is 2.74 bits per heavy atom. The van der Waals surface area contributed by atoms with Crippen molar-refractivity contribution >= 4 is 22.6 Å². The summed E-state index contributed by atoms with van der Waals surface area (Å²) in [5, 5.41) is 18.0. The Labute approximate surface area is 202 Å². The number of carbonyl (C=O) groups is 1. The number of nitrogens with one attached hydrogen (secondary N) is 4. The number of phenolic OH excluding ortho intramolecular Hbond substituents is 1. The monoisotopic (exact) mass is 464 g/mol. The molecule has 1 fully saturated rings. The van der Waals surface area contributed by atoms with Crippen LogP contribution in [0.25, 0.3) is 10.9 Å². The number of aromatic amines is 1. The van der Waals surface area contributed by atoms with Gasteiger partial charge in [-0.3, -0.25) is 4.90 Å². The Balaban J connectivity index is 1.46. The lowest BCUT2D eigenvalue weighted by atomic mass is 9.93. The van der Waals surface area contributed by atoms with Gasteiger partial charge in [-0.1, -0.05) is 31.5 Å². The molecule has 2 aromatic carbocycles. The van der Waals surface area contributed by atoms with Crippen LogP contribution in [0.15, 0.2) is 42.6 Å². The molecule has 0 bridgehead atoms. The molecular weight excluding hydrogens is 426 g/mol. The molecule has 0 spiro atoms. The van der Waals surface area contributed by atoms with Gasteiger partial charge in [-0.25, -0.2) is 4.79 Å². The molecule has 5 N–H and O–H groups in total. The summed E-state index contributed by atoms with van der Waals surface area (Å²) in [7, 11) is 2.23. The van der Waals surface area contributed by atoms with E-state index in [0.29, 0.717) is 13.0 Å². The van der Waals surface area contributed by atoms with Crippen molar-refractivity contribution < 1.29 is 14.8 Å². The van der Waals surface area contributed by atoms with Gasteiger partial charge in [-0.05, 0) is 42.2 Å². The summed E-state index contributed by atoms with van der Waals surface area (Å²) in [6.07, 6.45) is 5.46. The fourth-order valence-corrected chi connectivity index (χ4v) is 4.75. The number of amides is 2. The summed E-state index contributed by atoms with van der Waals surface area (Å²) in [6.45, 7) is 8.10. The van der Waals surface area contributed by atoms with Crippen LogP contribution in [0.1, 0.15) is 36.5 Å². The minimum atomic E-state index is -0.193. The Morgan fingerprint density at radius 2 is 1.94 bits per heavy atom. The highest BCUT2D eigenvalue weighted by molar-refractivity contribution is 5.91. The topological polar surface area (TPSA) is 84.8 Å². The Hall–Kier alpha value is -3.03. The number of anilines is 1. The van der Waals surface area contributed by atoms with Gasteiger partial charge in [0.05, 0.1) is 20.1 Å². The Kier molecular flexibility index (Phi) is 8.08. The molecule has 0 atom stereocenters. The SMILES string of the molecule is CCCCc1c(NC(=O)NCCN2CC[NH+](C)CC2)ccc(O)c1Cc1c[nH]c2ccccc12. The summed E-state index contributed by atoms with van der Waals surface area (Å²) in [4.78, 5) is 20.0. The van der Waals surface area contributed by atoms with Crippen molar-refractivity contribution in [2.75, 3.05) is 51.6 Å². The molecule has 1 aliphatic heterocycles. The molecule has 0 aliphatic carbocycles. The normalized spacial score (nSPS) is 15.0. The van der Waals surface area contributed by atoms with Crippen LogP contribution in [-0.2, 0) is 12.8 Å². The van der Waals surface area contributed by atoms with E-state index in [9.17, 15) is 9.90 Å². The minimum Gasteiger partial charge on any atom is -0.508 e. The number of para-hydroxylation sites is 1. The van der Waals surface area contributed by atoms with E-state index in [1.54, 1.807) is 11.0 Å². The first-order valence-corrected chi connectivity index (χ1v) is 12.5. The Morgan fingerprint density at radius 1 is 1.15 bits per heavy atom. The maximum Gasteiger partial charge on any atom is 0.319 e. The number of unbranched alkanes of at least 4 members (excludes halogenated alkanes) is 1. The molecule has 0 radical (unpaired) electrons. The number of benzene rings is 2. The highest BCUT2D eigenvalue weighted by Crippen LogP contribution is 2.33. The molecule has 1 saturated heterocycles. The predicted octanol–water partition coefficient (Wildman–Crippen LogP) is 2.76. The molecule has 0 unspecified atom stereocenters. The molecule has 182 valence electrons. The van der Waals surface area contributed by atoms with Gasteiger partial charge in [0.25, 0.3) is 0 Å². The standard InChI is InChI=1S/C27H37N5O2/c1-3-4-7-22-23(18-20-19-29-24-9-6-5-8-21(20)24)26(33)11-10-25(22)30-27(34)28-12-13-32-16-14-31(2)15-17-32/h5-6,8-11,19,29,33H,3-4,7,12-18H2,1-2H3,(H2,28,30,34)/p+1. The average Bonchev–Trinajstić information content (AvgIpc) is 3.25. The van der Waals surface area contributed by atoms with E-state index >= 15 is 0 Å². The van der Waals surface area contributed by atoms with E-state index in [-0.39, 0.29) is 11.8 Å². The predicted molar refractivity (Wildman–Crippen MR) is 138 cm³/mol. The lowest BCUT2D eigenvalue weighted by Gasteiger charge is -2.29. The van der Waals surface area contributed by atoms with Gasteiger partial charge in [-0.15, -0.1) is 0 Å². The van der Waals surface area contributed by atoms with Crippen LogP contribution < -0.4 is 15.5 Å². The molecule has 4 rings (SSSR count). The average molecular weight is 465 g/mol. The molecule has 34 heavy (non-hydrogen) atoms. The lowest BCUT2D eigenvalue weighted by Crippen LogP contribution is -3.12. The molecule has 1 aromatic heterocycles. The number of nitrogens with zero attached hydrogens (tertiary/aromatic N) is 1. The van der Waals surface area contributed by atoms with Crippen molar-refractivity contribution in [1.82, 2.24) is 15.2 Å². The zero-order valence-corrected chi connectivity index (χ0v) is 20.4. The van der Waals surface area contributed by atoms with E-state index in [1.807, 2.05) is 24.4 Å². The van der Waals surface area contributed by atoms with Crippen molar-refractivity contribution in [2.45, 2.75) is 32.6 Å². The first kappa shape index (κ1) is 24.1. The summed E-state index contributed by atoms with van der Waals surface area (Å²) < 4.78 is 0. The number of piperazine rings is 1. The third kappa shape index (κ3) is 5.90. The van der Waals surface area contributed by atoms with Gasteiger partial charge < -0.3 is 25.6 Å². The molecule has 2 amide bonds. The van der Waals surface area contributed by atoms with Gasteiger partial charge in [0.1, 0.15) is 5.75 Å². The van der Waals surface area contributed by atoms with E-state index < -0.39 is 0 Å². The second kappa shape index (κ2) is 11.4. The number of aromatic nitrogens is 1. The van der Waals surface area contributed by atoms with Gasteiger partial charge >= 0.3 is 6.03 Å². The van der Waals surface area contributed by atoms with Gasteiger partial charge in [-0.2, -0.15) is 0 Å². The van der Waals surface area contributed by atoms with Crippen molar-refractivity contribution in [3.8, 4) is 5.75 Å².